The zero-order chi connectivity index (χ0) is 11.3. The predicted octanol–water partition coefficient (Wildman–Crippen LogP) is -0.394. The van der Waals surface area contributed by atoms with Crippen LogP contribution >= 0.6 is 9.24 Å². The van der Waals surface area contributed by atoms with Crippen molar-refractivity contribution in [1.29, 1.82) is 0 Å². The fourth-order valence-electron chi connectivity index (χ4n) is 1.73. The van der Waals surface area contributed by atoms with Crippen molar-refractivity contribution in [2.75, 3.05) is 32.8 Å². The quantitative estimate of drug-likeness (QED) is 0.650. The Morgan fingerprint density at radius 3 is 2.80 bits per heavy atom. The lowest BCUT2D eigenvalue weighted by molar-refractivity contribution is 0.0921. The summed E-state index contributed by atoms with van der Waals surface area (Å²) in [6, 6.07) is 0. The SMILES string of the molecule is NCCOC(=O)N1CCC(CN)C(P)C1. The Bertz CT molecular complexity index is 216. The number of nitrogens with two attached hydrogens (primary N) is 2. The average Bonchev–Trinajstić information content (AvgIpc) is 2.25. The van der Waals surface area contributed by atoms with Gasteiger partial charge in [-0.2, -0.15) is 0 Å². The van der Waals surface area contributed by atoms with Gasteiger partial charge in [0.15, 0.2) is 0 Å². The minimum Gasteiger partial charge on any atom is -0.448 e. The molecule has 1 rings (SSSR count). The summed E-state index contributed by atoms with van der Waals surface area (Å²) < 4.78 is 4.97. The first-order valence-electron chi connectivity index (χ1n) is 5.26. The lowest BCUT2D eigenvalue weighted by atomic mass is 9.97. The summed E-state index contributed by atoms with van der Waals surface area (Å²) in [7, 11) is 2.75. The maximum Gasteiger partial charge on any atom is 0.409 e. The molecule has 0 aliphatic carbocycles. The van der Waals surface area contributed by atoms with E-state index in [1.165, 1.54) is 0 Å². The van der Waals surface area contributed by atoms with Crippen molar-refractivity contribution in [1.82, 2.24) is 4.90 Å². The molecule has 5 nitrogen and oxygen atoms in total. The van der Waals surface area contributed by atoms with E-state index < -0.39 is 0 Å². The van der Waals surface area contributed by atoms with Crippen molar-refractivity contribution in [3.05, 3.63) is 0 Å². The summed E-state index contributed by atoms with van der Waals surface area (Å²) in [5.41, 5.74) is 11.3. The van der Waals surface area contributed by atoms with Gasteiger partial charge >= 0.3 is 6.09 Å². The van der Waals surface area contributed by atoms with Crippen LogP contribution in [0.4, 0.5) is 4.79 Å². The minimum atomic E-state index is -0.261. The van der Waals surface area contributed by atoms with Gasteiger partial charge in [-0.3, -0.25) is 0 Å². The van der Waals surface area contributed by atoms with E-state index >= 15 is 0 Å². The number of carbonyl (C=O) groups is 1. The molecule has 88 valence electrons. The average molecular weight is 233 g/mol. The third-order valence-corrected chi connectivity index (χ3v) is 3.47. The maximum absolute atomic E-state index is 11.5. The number of rotatable bonds is 3. The predicted molar refractivity (Wildman–Crippen MR) is 62.6 cm³/mol. The smallest absolute Gasteiger partial charge is 0.409 e. The van der Waals surface area contributed by atoms with Crippen LogP contribution in [0.3, 0.4) is 0 Å². The third kappa shape index (κ3) is 3.59. The minimum absolute atomic E-state index is 0.261. The van der Waals surface area contributed by atoms with Crippen LogP contribution in [0.1, 0.15) is 6.42 Å². The molecule has 3 unspecified atom stereocenters. The molecule has 0 saturated carbocycles. The number of hydrogen-bond acceptors (Lipinski definition) is 4. The zero-order valence-electron chi connectivity index (χ0n) is 8.89. The number of likely N-dealkylation sites (tertiary alicyclic amines) is 1. The first-order chi connectivity index (χ1) is 7.19. The van der Waals surface area contributed by atoms with E-state index in [1.807, 2.05) is 0 Å². The zero-order valence-corrected chi connectivity index (χ0v) is 10.0. The molecule has 1 fully saturated rings. The normalized spacial score (nSPS) is 26.5. The molecule has 0 bridgehead atoms. The number of hydrogen-bond donors (Lipinski definition) is 2. The molecule has 1 aliphatic rings. The van der Waals surface area contributed by atoms with Gasteiger partial charge in [-0.15, -0.1) is 9.24 Å². The van der Waals surface area contributed by atoms with Crippen LogP contribution in [-0.2, 0) is 4.74 Å². The number of nitrogens with zero attached hydrogens (tertiary/aromatic N) is 1. The Kier molecular flexibility index (Phi) is 5.29. The van der Waals surface area contributed by atoms with Crippen LogP contribution < -0.4 is 11.5 Å². The van der Waals surface area contributed by atoms with Crippen molar-refractivity contribution >= 4 is 15.3 Å². The van der Waals surface area contributed by atoms with E-state index in [2.05, 4.69) is 9.24 Å². The highest BCUT2D eigenvalue weighted by Gasteiger charge is 2.28. The van der Waals surface area contributed by atoms with Crippen LogP contribution in [0, 0.1) is 5.92 Å². The van der Waals surface area contributed by atoms with Gasteiger partial charge in [0.25, 0.3) is 0 Å². The van der Waals surface area contributed by atoms with Gasteiger partial charge in [-0.1, -0.05) is 0 Å². The molecule has 1 saturated heterocycles. The number of piperidine rings is 1. The summed E-state index contributed by atoms with van der Waals surface area (Å²) in [4.78, 5) is 13.2. The highest BCUT2D eigenvalue weighted by Crippen LogP contribution is 2.23. The fourth-order valence-corrected chi connectivity index (χ4v) is 2.33. The van der Waals surface area contributed by atoms with E-state index in [4.69, 9.17) is 16.2 Å². The number of amides is 1. The monoisotopic (exact) mass is 233 g/mol. The Morgan fingerprint density at radius 2 is 2.27 bits per heavy atom. The molecule has 0 aromatic heterocycles. The van der Waals surface area contributed by atoms with E-state index in [1.54, 1.807) is 4.90 Å². The number of carbonyl (C=O) groups excluding carboxylic acids is 1. The fraction of sp³-hybridized carbons (Fsp3) is 0.889. The Balaban J connectivity index is 2.36. The van der Waals surface area contributed by atoms with Crippen LogP contribution in [-0.4, -0.2) is 49.4 Å². The van der Waals surface area contributed by atoms with Crippen LogP contribution in [0.25, 0.3) is 0 Å². The molecule has 1 heterocycles. The van der Waals surface area contributed by atoms with E-state index in [0.29, 0.717) is 31.2 Å². The van der Waals surface area contributed by atoms with Crippen molar-refractivity contribution in [2.24, 2.45) is 17.4 Å². The van der Waals surface area contributed by atoms with Crippen molar-refractivity contribution in [2.45, 2.75) is 12.1 Å². The van der Waals surface area contributed by atoms with Crippen LogP contribution in [0.5, 0.6) is 0 Å². The maximum atomic E-state index is 11.5. The lowest BCUT2D eigenvalue weighted by Gasteiger charge is -2.35. The van der Waals surface area contributed by atoms with Gasteiger partial charge in [0.2, 0.25) is 0 Å². The topological polar surface area (TPSA) is 81.6 Å². The second kappa shape index (κ2) is 6.26. The van der Waals surface area contributed by atoms with Crippen LogP contribution in [0.15, 0.2) is 0 Å². The molecule has 4 N–H and O–H groups in total. The van der Waals surface area contributed by atoms with E-state index in [-0.39, 0.29) is 12.7 Å². The second-order valence-corrected chi connectivity index (χ2v) is 4.65. The van der Waals surface area contributed by atoms with Gasteiger partial charge < -0.3 is 21.1 Å². The van der Waals surface area contributed by atoms with Gasteiger partial charge in [0.05, 0.1) is 0 Å². The molecule has 0 spiro atoms. The first kappa shape index (κ1) is 12.7. The summed E-state index contributed by atoms with van der Waals surface area (Å²) in [5.74, 6) is 0.494. The molecule has 1 amide bonds. The second-order valence-electron chi connectivity index (χ2n) is 3.80. The van der Waals surface area contributed by atoms with Gasteiger partial charge in [-0.25, -0.2) is 4.79 Å². The van der Waals surface area contributed by atoms with Crippen molar-refractivity contribution in [3.63, 3.8) is 0 Å². The summed E-state index contributed by atoms with van der Waals surface area (Å²) >= 11 is 0. The highest BCUT2D eigenvalue weighted by atomic mass is 31.0. The Hall–Kier alpha value is -0.380. The summed E-state index contributed by atoms with van der Waals surface area (Å²) in [5, 5.41) is 0. The molecule has 0 aromatic rings. The molecular weight excluding hydrogens is 213 g/mol. The molecule has 0 radical (unpaired) electrons. The summed E-state index contributed by atoms with van der Waals surface area (Å²) in [6.07, 6.45) is 0.686. The molecule has 3 atom stereocenters. The van der Waals surface area contributed by atoms with Gasteiger partial charge in [-0.05, 0) is 24.5 Å². The molecule has 1 aliphatic heterocycles. The standard InChI is InChI=1S/C9H20N3O2P/c10-2-4-14-9(13)12-3-1-7(5-11)8(15)6-12/h7-8H,1-6,10-11,15H2. The van der Waals surface area contributed by atoms with Crippen LogP contribution in [0.2, 0.25) is 0 Å². The lowest BCUT2D eigenvalue weighted by Crippen LogP contribution is -2.46. The number of ether oxygens (including phenoxy) is 1. The molecule has 0 aromatic carbocycles. The van der Waals surface area contributed by atoms with Crippen molar-refractivity contribution < 1.29 is 9.53 Å². The first-order valence-corrected chi connectivity index (χ1v) is 5.93. The molecule has 15 heavy (non-hydrogen) atoms. The largest absolute Gasteiger partial charge is 0.448 e. The Morgan fingerprint density at radius 1 is 1.53 bits per heavy atom. The Labute approximate surface area is 92.7 Å². The summed E-state index contributed by atoms with van der Waals surface area (Å²) in [6.45, 7) is 2.78. The highest BCUT2D eigenvalue weighted by molar-refractivity contribution is 7.17. The molecule has 6 heteroatoms. The third-order valence-electron chi connectivity index (χ3n) is 2.71. The van der Waals surface area contributed by atoms with E-state index in [0.717, 1.165) is 13.0 Å². The van der Waals surface area contributed by atoms with E-state index in [9.17, 15) is 4.79 Å². The molecular formula is C9H20N3O2P. The van der Waals surface area contributed by atoms with Gasteiger partial charge in [0, 0.05) is 19.6 Å². The van der Waals surface area contributed by atoms with Gasteiger partial charge in [0.1, 0.15) is 6.61 Å². The van der Waals surface area contributed by atoms with Crippen molar-refractivity contribution in [3.8, 4) is 0 Å².